The van der Waals surface area contributed by atoms with E-state index in [9.17, 15) is 72.9 Å². The molecule has 1 aliphatic carbocycles. The Morgan fingerprint density at radius 3 is 1.82 bits per heavy atom. The number of Topliss-reactive ketones (excluding diaryl/α,β-unsaturated/α-hetero) is 1. The number of nitrogens with one attached hydrogen (secondary N) is 8. The van der Waals surface area contributed by atoms with Crippen LogP contribution in [0.3, 0.4) is 0 Å². The van der Waals surface area contributed by atoms with E-state index in [0.717, 1.165) is 17.7 Å². The smallest absolute Gasteiger partial charge is 0.319 e. The zero-order chi connectivity index (χ0) is 50.2. The van der Waals surface area contributed by atoms with Crippen molar-refractivity contribution in [2.24, 2.45) is 34.0 Å². The molecule has 8 amide bonds. The lowest BCUT2D eigenvalue weighted by Gasteiger charge is -2.24. The summed E-state index contributed by atoms with van der Waals surface area (Å²) in [4.78, 5) is 159. The van der Waals surface area contributed by atoms with Gasteiger partial charge in [0.1, 0.15) is 35.5 Å². The van der Waals surface area contributed by atoms with Gasteiger partial charge in [-0.2, -0.15) is 0 Å². The Hall–Kier alpha value is -6.23. The van der Waals surface area contributed by atoms with Crippen molar-refractivity contribution in [3.8, 4) is 0 Å². The van der Waals surface area contributed by atoms with Gasteiger partial charge in [0, 0.05) is 37.6 Å². The minimum atomic E-state index is -1.79. The third-order valence-electron chi connectivity index (χ3n) is 10.2. The number of guanidine groups is 1. The molecule has 0 radical (unpaired) electrons. The third kappa shape index (κ3) is 21.3. The molecule has 1 unspecified atom stereocenters. The number of carboxylic acid groups (broad SMARTS) is 3. The van der Waals surface area contributed by atoms with Gasteiger partial charge in [-0.3, -0.25) is 62.5 Å². The van der Waals surface area contributed by atoms with Crippen LogP contribution in [-0.4, -0.2) is 166 Å². The average Bonchev–Trinajstić information content (AvgIpc) is 3.75. The summed E-state index contributed by atoms with van der Waals surface area (Å²) in [5, 5.41) is 46.4. The average molecular weight is 989 g/mol. The Kier molecular flexibility index (Phi) is 25.0. The molecule has 1 heterocycles. The van der Waals surface area contributed by atoms with E-state index in [2.05, 4.69) is 47.5 Å². The highest BCUT2D eigenvalue weighted by Gasteiger charge is 2.40. The number of amides is 8. The number of ketones is 1. The first-order valence-electron chi connectivity index (χ1n) is 21.2. The van der Waals surface area contributed by atoms with Crippen LogP contribution in [-0.2, 0) is 57.5 Å². The molecule has 0 aromatic rings. The summed E-state index contributed by atoms with van der Waals surface area (Å²) in [7, 11) is 1.44. The lowest BCUT2D eigenvalue weighted by atomic mass is 9.90. The van der Waals surface area contributed by atoms with Crippen molar-refractivity contribution in [3.05, 3.63) is 0 Å². The Morgan fingerprint density at radius 2 is 1.24 bits per heavy atom. The van der Waals surface area contributed by atoms with Crippen molar-refractivity contribution in [2.45, 2.75) is 107 Å². The van der Waals surface area contributed by atoms with Crippen molar-refractivity contribution in [1.29, 1.82) is 0 Å². The van der Waals surface area contributed by atoms with Gasteiger partial charge in [-0.15, -0.1) is 0 Å². The molecule has 374 valence electrons. The number of aliphatic imine (C=N–C) groups is 1. The first-order valence-corrected chi connectivity index (χ1v) is 23.5. The Labute approximate surface area is 392 Å². The molecule has 8 atom stereocenters. The third-order valence-corrected chi connectivity index (χ3v) is 12.9. The zero-order valence-corrected chi connectivity index (χ0v) is 38.3. The molecule has 27 nitrogen and oxygen atoms in total. The maximum atomic E-state index is 13.6. The summed E-state index contributed by atoms with van der Waals surface area (Å²) >= 11 is 0. The Balaban J connectivity index is 2.54. The molecule has 1 saturated heterocycles. The molecular weight excluding hydrogens is 929 g/mol. The highest BCUT2D eigenvalue weighted by Crippen LogP contribution is 2.33. The number of carbonyl (C=O) groups is 12. The van der Waals surface area contributed by atoms with Crippen LogP contribution >= 0.6 is 21.6 Å². The molecule has 17 N–H and O–H groups in total. The summed E-state index contributed by atoms with van der Waals surface area (Å²) in [6, 6.07) is -7.70. The minimum Gasteiger partial charge on any atom is -0.481 e. The molecule has 2 rings (SSSR count). The summed E-state index contributed by atoms with van der Waals surface area (Å²) in [6.07, 6.45) is -0.587. The van der Waals surface area contributed by atoms with Crippen LogP contribution < -0.4 is 59.7 Å². The first-order chi connectivity index (χ1) is 31.6. The highest BCUT2D eigenvalue weighted by atomic mass is 33.1. The lowest BCUT2D eigenvalue weighted by Crippen LogP contribution is -2.57. The normalized spacial score (nSPS) is 25.9. The summed E-state index contributed by atoms with van der Waals surface area (Å²) < 4.78 is 0. The second kappa shape index (κ2) is 29.4. The maximum absolute atomic E-state index is 13.6. The van der Waals surface area contributed by atoms with E-state index in [1.54, 1.807) is 0 Å². The van der Waals surface area contributed by atoms with E-state index in [-0.39, 0.29) is 63.3 Å². The van der Waals surface area contributed by atoms with E-state index in [0.29, 0.717) is 23.6 Å². The minimum absolute atomic E-state index is 0.00477. The SMILES string of the molecule is CC(=O)N[C@H]1CSS[C@@H](C(=O)O)CNC(=O)[C@H](CC(=O)O)NC(=O)[C@@H]2CCCC2C(=O)CNC(=O)[C@H](CCCCN)NC(=O)[C@H](CC(=O)O)NC(=O)CNC(=O)[C@H](CCCN=C(N)N)NC1=O. The fourth-order valence-corrected chi connectivity index (χ4v) is 9.28. The number of nitrogens with zero attached hydrogens (tertiary/aromatic N) is 1. The van der Waals surface area contributed by atoms with Crippen LogP contribution in [0.4, 0.5) is 0 Å². The molecule has 0 aromatic carbocycles. The van der Waals surface area contributed by atoms with Gasteiger partial charge in [0.2, 0.25) is 47.3 Å². The van der Waals surface area contributed by atoms with Crippen LogP contribution in [0.1, 0.15) is 71.1 Å². The Morgan fingerprint density at radius 1 is 0.687 bits per heavy atom. The van der Waals surface area contributed by atoms with Crippen molar-refractivity contribution >= 4 is 98.5 Å². The fraction of sp³-hybridized carbons (Fsp3) is 0.658. The second-order valence-electron chi connectivity index (χ2n) is 15.5. The molecule has 0 spiro atoms. The van der Waals surface area contributed by atoms with Crippen LogP contribution in [0.25, 0.3) is 0 Å². The zero-order valence-electron chi connectivity index (χ0n) is 36.7. The lowest BCUT2D eigenvalue weighted by molar-refractivity contribution is -0.142. The second-order valence-corrected chi connectivity index (χ2v) is 18.1. The van der Waals surface area contributed by atoms with E-state index >= 15 is 0 Å². The molecule has 1 aliphatic heterocycles. The highest BCUT2D eigenvalue weighted by molar-refractivity contribution is 8.77. The van der Waals surface area contributed by atoms with Gasteiger partial charge in [-0.05, 0) is 51.5 Å². The molecule has 67 heavy (non-hydrogen) atoms. The van der Waals surface area contributed by atoms with Crippen molar-refractivity contribution in [1.82, 2.24) is 42.5 Å². The van der Waals surface area contributed by atoms with Crippen molar-refractivity contribution in [2.75, 3.05) is 38.5 Å². The number of carboxylic acids is 3. The van der Waals surface area contributed by atoms with Gasteiger partial charge in [0.15, 0.2) is 11.7 Å². The molecule has 1 saturated carbocycles. The van der Waals surface area contributed by atoms with Gasteiger partial charge in [0.25, 0.3) is 0 Å². The molecule has 0 aromatic heterocycles. The largest absolute Gasteiger partial charge is 0.481 e. The molecule has 29 heteroatoms. The fourth-order valence-electron chi connectivity index (χ4n) is 6.85. The van der Waals surface area contributed by atoms with Crippen LogP contribution in [0, 0.1) is 11.8 Å². The van der Waals surface area contributed by atoms with Gasteiger partial charge in [-0.1, -0.05) is 28.0 Å². The van der Waals surface area contributed by atoms with E-state index in [4.69, 9.17) is 17.2 Å². The summed E-state index contributed by atoms with van der Waals surface area (Å²) in [5.74, 6) is -15.2. The number of hydrogen-bond donors (Lipinski definition) is 14. The van der Waals surface area contributed by atoms with Gasteiger partial charge < -0.3 is 75.1 Å². The number of hydrogen-bond acceptors (Lipinski definition) is 16. The number of rotatable bonds is 14. The quantitative estimate of drug-likeness (QED) is 0.0335. The number of carbonyl (C=O) groups excluding carboxylic acids is 9. The molecule has 2 aliphatic rings. The predicted octanol–water partition coefficient (Wildman–Crippen LogP) is -5.26. The summed E-state index contributed by atoms with van der Waals surface area (Å²) in [6.45, 7) is -0.785. The predicted molar refractivity (Wildman–Crippen MR) is 239 cm³/mol. The van der Waals surface area contributed by atoms with Crippen LogP contribution in [0.2, 0.25) is 0 Å². The van der Waals surface area contributed by atoms with Crippen molar-refractivity contribution in [3.63, 3.8) is 0 Å². The first kappa shape index (κ1) is 56.9. The van der Waals surface area contributed by atoms with Gasteiger partial charge >= 0.3 is 17.9 Å². The number of aliphatic carboxylic acids is 3. The molecular formula is C38H60N12O15S2. The van der Waals surface area contributed by atoms with Crippen LogP contribution in [0.15, 0.2) is 4.99 Å². The van der Waals surface area contributed by atoms with Gasteiger partial charge in [0.05, 0.1) is 25.9 Å². The molecule has 0 bridgehead atoms. The standard InChI is InChI=1S/C38H60N12O15S2/c1-18(51)46-25-17-66-67-27(37(64)65)15-44-34(61)23(12-29(54)55)50-31(58)20-7-4-6-19(20)26(52)14-43-32(59)21(8-2-3-10-39)48-35(62)24(13-30(56)57)47-28(53)16-45-33(60)22(49-36(25)63)9-5-11-42-38(40)41/h19-25,27H,2-17,39H2,1H3,(H,43,59)(H,44,61)(H,45,60)(H,46,51)(H,47,53)(H,48,62)(H,49,63)(H,50,58)(H,54,55)(H,56,57)(H,64,65)(H4,40,41,42)/t19?,20-,21+,22+,23+,24+,25+,27-/m1/s1. The number of unbranched alkanes of at least 4 members (excludes halogenated alkanes) is 1. The van der Waals surface area contributed by atoms with E-state index in [1.165, 1.54) is 0 Å². The Bertz CT molecular complexity index is 1870. The monoisotopic (exact) mass is 988 g/mol. The topological polar surface area (TPSA) is 452 Å². The number of fused-ring (bicyclic) bond motifs is 1. The summed E-state index contributed by atoms with van der Waals surface area (Å²) in [5.41, 5.74) is 16.4. The van der Waals surface area contributed by atoms with E-state index in [1.807, 2.05) is 0 Å². The van der Waals surface area contributed by atoms with Gasteiger partial charge in [-0.25, -0.2) is 0 Å². The number of nitrogens with two attached hydrogens (primary N) is 3. The van der Waals surface area contributed by atoms with Crippen molar-refractivity contribution < 1.29 is 72.9 Å². The van der Waals surface area contributed by atoms with E-state index < -0.39 is 151 Å². The maximum Gasteiger partial charge on any atom is 0.319 e. The molecule has 2 fully saturated rings. The van der Waals surface area contributed by atoms with Crippen LogP contribution in [0.5, 0.6) is 0 Å².